The fraction of sp³-hybridized carbons (Fsp3) is 0.154. The van der Waals surface area contributed by atoms with Gasteiger partial charge in [-0.3, -0.25) is 9.88 Å². The van der Waals surface area contributed by atoms with Gasteiger partial charge < -0.3 is 4.74 Å². The summed E-state index contributed by atoms with van der Waals surface area (Å²) in [5.74, 6) is 0.312. The number of nitrogens with zero attached hydrogens (tertiary/aromatic N) is 3. The van der Waals surface area contributed by atoms with E-state index in [4.69, 9.17) is 9.73 Å². The Kier molecular flexibility index (Phi) is 5.53. The average Bonchev–Trinajstić information content (AvgIpc) is 2.77. The first kappa shape index (κ1) is 20.7. The zero-order valence-corrected chi connectivity index (χ0v) is 17.9. The molecule has 0 amide bonds. The van der Waals surface area contributed by atoms with Gasteiger partial charge in [0.25, 0.3) is 0 Å². The third kappa shape index (κ3) is 3.80. The highest BCUT2D eigenvalue weighted by Crippen LogP contribution is 2.47. The number of hydrogen-bond donors (Lipinski definition) is 0. The molecule has 0 fully saturated rings. The molecule has 1 atom stereocenters. The number of aromatic nitrogens is 1. The van der Waals surface area contributed by atoms with Gasteiger partial charge in [0.2, 0.25) is 0 Å². The van der Waals surface area contributed by atoms with Crippen LogP contribution in [0.5, 0.6) is 5.75 Å². The van der Waals surface area contributed by atoms with Gasteiger partial charge in [-0.1, -0.05) is 19.2 Å². The maximum atomic E-state index is 14.2. The Morgan fingerprint density at radius 3 is 2.52 bits per heavy atom. The predicted octanol–water partition coefficient (Wildman–Crippen LogP) is 5.83. The van der Waals surface area contributed by atoms with Crippen LogP contribution in [0.2, 0.25) is 0 Å². The second-order valence-electron chi connectivity index (χ2n) is 7.69. The Hall–Kier alpha value is -3.57. The summed E-state index contributed by atoms with van der Waals surface area (Å²) in [4.78, 5) is 11.2. The first-order chi connectivity index (χ1) is 14.9. The van der Waals surface area contributed by atoms with E-state index >= 15 is 0 Å². The molecule has 4 nitrogen and oxygen atoms in total. The van der Waals surface area contributed by atoms with Gasteiger partial charge in [0.05, 0.1) is 18.9 Å². The number of pyridine rings is 1. The van der Waals surface area contributed by atoms with E-state index in [2.05, 4.69) is 23.0 Å². The maximum absolute atomic E-state index is 14.2. The summed E-state index contributed by atoms with van der Waals surface area (Å²) in [6.45, 7) is 8.12. The summed E-state index contributed by atoms with van der Waals surface area (Å²) in [6, 6.07) is 12.5. The smallest absolute Gasteiger partial charge is 0.145 e. The Labute approximate surface area is 182 Å². The zero-order chi connectivity index (χ0) is 22.1. The molecule has 31 heavy (non-hydrogen) atoms. The lowest BCUT2D eigenvalue weighted by atomic mass is 9.86. The van der Waals surface area contributed by atoms with Gasteiger partial charge in [-0.15, -0.1) is 0 Å². The summed E-state index contributed by atoms with van der Waals surface area (Å²) in [6.07, 6.45) is 5.15. The molecule has 0 bridgehead atoms. The zero-order valence-electron chi connectivity index (χ0n) is 17.9. The van der Waals surface area contributed by atoms with Crippen molar-refractivity contribution in [3.8, 4) is 16.9 Å². The second-order valence-corrected chi connectivity index (χ2v) is 7.69. The molecule has 2 aromatic carbocycles. The van der Waals surface area contributed by atoms with Gasteiger partial charge in [0.1, 0.15) is 17.3 Å². The molecular formula is C26H24FN3O. The minimum absolute atomic E-state index is 0.121. The van der Waals surface area contributed by atoms with Gasteiger partial charge >= 0.3 is 0 Å². The Morgan fingerprint density at radius 2 is 1.87 bits per heavy atom. The number of benzene rings is 2. The quantitative estimate of drug-likeness (QED) is 0.528. The van der Waals surface area contributed by atoms with Crippen molar-refractivity contribution < 1.29 is 9.13 Å². The lowest BCUT2D eigenvalue weighted by molar-refractivity contribution is 0.342. The molecule has 0 saturated carbocycles. The molecule has 0 saturated heterocycles. The van der Waals surface area contributed by atoms with Crippen LogP contribution in [0.3, 0.4) is 0 Å². The van der Waals surface area contributed by atoms with E-state index in [1.807, 2.05) is 44.4 Å². The van der Waals surface area contributed by atoms with Crippen LogP contribution in [0.1, 0.15) is 22.7 Å². The fourth-order valence-electron chi connectivity index (χ4n) is 4.02. The van der Waals surface area contributed by atoms with Crippen LogP contribution in [-0.4, -0.2) is 36.8 Å². The molecule has 5 heteroatoms. The largest absolute Gasteiger partial charge is 0.494 e. The highest BCUT2D eigenvalue weighted by atomic mass is 19.1. The first-order valence-electron chi connectivity index (χ1n) is 9.93. The number of methoxy groups -OCH3 is 1. The van der Waals surface area contributed by atoms with Crippen LogP contribution in [0.25, 0.3) is 17.2 Å². The standard InChI is InChI=1S/C26H24FN3O/c1-6-17-10-19(12-21(27)11-17)20-13-22-25(23(14-20)31-5)29-24(16(2)26(22)30(3)4)18-8-7-9-28-15-18/h6-15,26H,1-2H2,3-5H3. The van der Waals surface area contributed by atoms with Crippen molar-refractivity contribution in [2.24, 2.45) is 4.99 Å². The third-order valence-corrected chi connectivity index (χ3v) is 5.42. The minimum Gasteiger partial charge on any atom is -0.494 e. The fourth-order valence-corrected chi connectivity index (χ4v) is 4.02. The van der Waals surface area contributed by atoms with E-state index in [1.54, 1.807) is 25.6 Å². The van der Waals surface area contributed by atoms with Crippen LogP contribution in [0.4, 0.5) is 10.1 Å². The van der Waals surface area contributed by atoms with Gasteiger partial charge in [-0.2, -0.15) is 0 Å². The van der Waals surface area contributed by atoms with E-state index in [1.165, 1.54) is 12.1 Å². The van der Waals surface area contributed by atoms with Crippen LogP contribution >= 0.6 is 0 Å². The maximum Gasteiger partial charge on any atom is 0.145 e. The van der Waals surface area contributed by atoms with E-state index in [-0.39, 0.29) is 11.9 Å². The van der Waals surface area contributed by atoms with Crippen molar-refractivity contribution in [2.45, 2.75) is 6.04 Å². The number of rotatable bonds is 5. The van der Waals surface area contributed by atoms with Crippen molar-refractivity contribution in [2.75, 3.05) is 21.2 Å². The normalized spacial score (nSPS) is 15.5. The van der Waals surface area contributed by atoms with Gasteiger partial charge in [0.15, 0.2) is 0 Å². The Bertz CT molecular complexity index is 1200. The third-order valence-electron chi connectivity index (χ3n) is 5.42. The molecule has 3 aromatic rings. The van der Waals surface area contributed by atoms with Crippen molar-refractivity contribution in [3.05, 3.63) is 96.1 Å². The van der Waals surface area contributed by atoms with Gasteiger partial charge in [0, 0.05) is 23.5 Å². The van der Waals surface area contributed by atoms with Crippen LogP contribution in [0.15, 0.2) is 78.6 Å². The minimum atomic E-state index is -0.311. The number of halogens is 1. The molecule has 156 valence electrons. The van der Waals surface area contributed by atoms with E-state index < -0.39 is 0 Å². The Balaban J connectivity index is 1.96. The molecule has 1 aliphatic rings. The predicted molar refractivity (Wildman–Crippen MR) is 124 cm³/mol. The number of ether oxygens (including phenoxy) is 1. The highest BCUT2D eigenvalue weighted by Gasteiger charge is 2.31. The van der Waals surface area contributed by atoms with E-state index in [0.717, 1.165) is 44.8 Å². The first-order valence-corrected chi connectivity index (χ1v) is 9.93. The van der Waals surface area contributed by atoms with Crippen LogP contribution in [0, 0.1) is 5.82 Å². The monoisotopic (exact) mass is 413 g/mol. The number of aliphatic imine (C=N–C) groups is 1. The van der Waals surface area contributed by atoms with Gasteiger partial charge in [-0.05, 0) is 78.8 Å². The summed E-state index contributed by atoms with van der Waals surface area (Å²) in [5, 5.41) is 0. The molecule has 0 radical (unpaired) electrons. The average molecular weight is 413 g/mol. The van der Waals surface area contributed by atoms with E-state index in [0.29, 0.717) is 5.75 Å². The molecule has 0 N–H and O–H groups in total. The summed E-state index contributed by atoms with van der Waals surface area (Å²) >= 11 is 0. The molecular weight excluding hydrogens is 389 g/mol. The van der Waals surface area contributed by atoms with Gasteiger partial charge in [-0.25, -0.2) is 9.38 Å². The van der Waals surface area contributed by atoms with Crippen molar-refractivity contribution in [1.82, 2.24) is 9.88 Å². The van der Waals surface area contributed by atoms with Crippen LogP contribution in [-0.2, 0) is 0 Å². The van der Waals surface area contributed by atoms with Crippen molar-refractivity contribution in [3.63, 3.8) is 0 Å². The lowest BCUT2D eigenvalue weighted by Crippen LogP contribution is -2.28. The molecule has 1 aromatic heterocycles. The molecule has 1 aliphatic heterocycles. The van der Waals surface area contributed by atoms with Crippen molar-refractivity contribution in [1.29, 1.82) is 0 Å². The molecule has 4 rings (SSSR count). The van der Waals surface area contributed by atoms with Crippen molar-refractivity contribution >= 4 is 17.5 Å². The number of fused-ring (bicyclic) bond motifs is 1. The topological polar surface area (TPSA) is 37.7 Å². The second kappa shape index (κ2) is 8.28. The summed E-state index contributed by atoms with van der Waals surface area (Å²) in [5.41, 5.74) is 6.58. The van der Waals surface area contributed by atoms with E-state index in [9.17, 15) is 4.39 Å². The molecule has 1 unspecified atom stereocenters. The highest BCUT2D eigenvalue weighted by molar-refractivity contribution is 6.15. The SMILES string of the molecule is C=Cc1cc(F)cc(-c2cc(OC)c3c(c2)C(N(C)C)C(=C)C(c2cccnc2)=N3)c1. The summed E-state index contributed by atoms with van der Waals surface area (Å²) < 4.78 is 19.9. The summed E-state index contributed by atoms with van der Waals surface area (Å²) in [7, 11) is 5.62. The molecule has 0 spiro atoms. The lowest BCUT2D eigenvalue weighted by Gasteiger charge is -2.33. The number of hydrogen-bond acceptors (Lipinski definition) is 4. The van der Waals surface area contributed by atoms with Crippen LogP contribution < -0.4 is 4.74 Å². The molecule has 0 aliphatic carbocycles. The number of likely N-dealkylation sites (N-methyl/N-ethyl adjacent to an activating group) is 1. The Morgan fingerprint density at radius 1 is 1.10 bits per heavy atom. The molecule has 2 heterocycles.